The van der Waals surface area contributed by atoms with Crippen molar-refractivity contribution in [1.82, 2.24) is 9.97 Å². The zero-order valence-electron chi connectivity index (χ0n) is 11.4. The monoisotopic (exact) mass is 295 g/mol. The summed E-state index contributed by atoms with van der Waals surface area (Å²) in [6.07, 6.45) is 6.55. The van der Waals surface area contributed by atoms with E-state index in [0.29, 0.717) is 5.41 Å². The van der Waals surface area contributed by atoms with E-state index in [1.807, 2.05) is 30.6 Å². The predicted octanol–water partition coefficient (Wildman–Crippen LogP) is 4.34. The lowest BCUT2D eigenvalue weighted by Gasteiger charge is -2.07. The molecule has 1 saturated carbocycles. The summed E-state index contributed by atoms with van der Waals surface area (Å²) in [5, 5.41) is 5.35. The van der Waals surface area contributed by atoms with E-state index in [4.69, 9.17) is 11.6 Å². The number of pyridine rings is 1. The number of anilines is 1. The van der Waals surface area contributed by atoms with Crippen LogP contribution in [0.1, 0.15) is 18.4 Å². The molecule has 3 heterocycles. The largest absolute Gasteiger partial charge is 0.369 e. The molecule has 2 N–H and O–H groups in total. The number of hydrogen-bond acceptors (Lipinski definition) is 2. The molecule has 0 radical (unpaired) electrons. The van der Waals surface area contributed by atoms with Gasteiger partial charge in [-0.15, -0.1) is 0 Å². The van der Waals surface area contributed by atoms with Crippen molar-refractivity contribution >= 4 is 28.3 Å². The topological polar surface area (TPSA) is 40.7 Å². The number of nitrogens with zero attached hydrogens (tertiary/aromatic N) is 1. The standard InChI is InChI=1S/C17H14ClN3/c18-11-1-2-15-12(6-11)13(8-19-15)10-5-14-16(20-7-10)21-9-17(14)3-4-17/h1-2,5-8,19H,3-4,9H2,(H,20,21). The molecular weight excluding hydrogens is 282 g/mol. The third-order valence-electron chi connectivity index (χ3n) is 4.86. The van der Waals surface area contributed by atoms with Gasteiger partial charge in [-0.25, -0.2) is 4.98 Å². The van der Waals surface area contributed by atoms with Gasteiger partial charge in [0.15, 0.2) is 0 Å². The Morgan fingerprint density at radius 1 is 1.19 bits per heavy atom. The first kappa shape index (κ1) is 11.6. The summed E-state index contributed by atoms with van der Waals surface area (Å²) in [5.41, 5.74) is 5.19. The summed E-state index contributed by atoms with van der Waals surface area (Å²) in [6.45, 7) is 1.04. The van der Waals surface area contributed by atoms with Crippen LogP contribution in [0.2, 0.25) is 5.02 Å². The Morgan fingerprint density at radius 2 is 2.10 bits per heavy atom. The van der Waals surface area contributed by atoms with Crippen LogP contribution in [0.5, 0.6) is 0 Å². The van der Waals surface area contributed by atoms with Gasteiger partial charge >= 0.3 is 0 Å². The Hall–Kier alpha value is -2.00. The summed E-state index contributed by atoms with van der Waals surface area (Å²) in [7, 11) is 0. The Morgan fingerprint density at radius 3 is 2.95 bits per heavy atom. The molecule has 1 aromatic carbocycles. The fourth-order valence-electron chi connectivity index (χ4n) is 3.43. The van der Waals surface area contributed by atoms with Crippen LogP contribution in [0.15, 0.2) is 36.7 Å². The molecular formula is C17H14ClN3. The molecule has 1 aliphatic heterocycles. The van der Waals surface area contributed by atoms with Gasteiger partial charge in [-0.3, -0.25) is 0 Å². The maximum Gasteiger partial charge on any atom is 0.129 e. The minimum absolute atomic E-state index is 0.363. The van der Waals surface area contributed by atoms with Gasteiger partial charge in [0, 0.05) is 57.0 Å². The summed E-state index contributed by atoms with van der Waals surface area (Å²) in [5.74, 6) is 1.06. The van der Waals surface area contributed by atoms with Crippen LogP contribution < -0.4 is 5.32 Å². The maximum absolute atomic E-state index is 6.14. The second-order valence-electron chi connectivity index (χ2n) is 6.15. The number of aromatic amines is 1. The third-order valence-corrected chi connectivity index (χ3v) is 5.10. The second kappa shape index (κ2) is 3.80. The first-order chi connectivity index (χ1) is 10.3. The van der Waals surface area contributed by atoms with Crippen LogP contribution >= 0.6 is 11.6 Å². The van der Waals surface area contributed by atoms with Gasteiger partial charge < -0.3 is 10.3 Å². The summed E-state index contributed by atoms with van der Waals surface area (Å²) < 4.78 is 0. The van der Waals surface area contributed by atoms with E-state index in [9.17, 15) is 0 Å². The fraction of sp³-hybridized carbons (Fsp3) is 0.235. The number of fused-ring (bicyclic) bond motifs is 3. The molecule has 1 fully saturated rings. The van der Waals surface area contributed by atoms with Gasteiger partial charge in [-0.2, -0.15) is 0 Å². The van der Waals surface area contributed by atoms with Crippen molar-refractivity contribution in [3.63, 3.8) is 0 Å². The van der Waals surface area contributed by atoms with Crippen molar-refractivity contribution in [2.24, 2.45) is 0 Å². The number of aromatic nitrogens is 2. The Balaban J connectivity index is 1.72. The molecule has 2 aliphatic rings. The highest BCUT2D eigenvalue weighted by Crippen LogP contribution is 2.54. The Bertz CT molecular complexity index is 877. The molecule has 0 amide bonds. The molecule has 5 rings (SSSR count). The van der Waals surface area contributed by atoms with Crippen molar-refractivity contribution in [3.05, 3.63) is 47.2 Å². The van der Waals surface area contributed by atoms with Crippen LogP contribution in [0.25, 0.3) is 22.0 Å². The van der Waals surface area contributed by atoms with Crippen molar-refractivity contribution in [3.8, 4) is 11.1 Å². The fourth-order valence-corrected chi connectivity index (χ4v) is 3.61. The van der Waals surface area contributed by atoms with Crippen LogP contribution in [0, 0.1) is 0 Å². The van der Waals surface area contributed by atoms with E-state index in [0.717, 1.165) is 33.9 Å². The first-order valence-electron chi connectivity index (χ1n) is 7.27. The van der Waals surface area contributed by atoms with E-state index >= 15 is 0 Å². The van der Waals surface area contributed by atoms with Gasteiger partial charge in [0.25, 0.3) is 0 Å². The van der Waals surface area contributed by atoms with E-state index in [1.54, 1.807) is 0 Å². The van der Waals surface area contributed by atoms with Gasteiger partial charge in [0.05, 0.1) is 0 Å². The van der Waals surface area contributed by atoms with Crippen LogP contribution in [0.3, 0.4) is 0 Å². The number of hydrogen-bond donors (Lipinski definition) is 2. The summed E-state index contributed by atoms with van der Waals surface area (Å²) in [6, 6.07) is 8.25. The first-order valence-corrected chi connectivity index (χ1v) is 7.64. The number of benzene rings is 1. The average Bonchev–Trinajstić information content (AvgIpc) is 3.03. The maximum atomic E-state index is 6.14. The quantitative estimate of drug-likeness (QED) is 0.701. The Labute approximate surface area is 127 Å². The lowest BCUT2D eigenvalue weighted by molar-refractivity contribution is 0.778. The lowest BCUT2D eigenvalue weighted by atomic mass is 9.97. The van der Waals surface area contributed by atoms with Crippen molar-refractivity contribution in [1.29, 1.82) is 0 Å². The van der Waals surface area contributed by atoms with Crippen LogP contribution in [-0.2, 0) is 5.41 Å². The van der Waals surface area contributed by atoms with Crippen LogP contribution in [0.4, 0.5) is 5.82 Å². The molecule has 0 saturated heterocycles. The highest BCUT2D eigenvalue weighted by atomic mass is 35.5. The number of H-pyrrole nitrogens is 1. The molecule has 2 aromatic heterocycles. The minimum Gasteiger partial charge on any atom is -0.369 e. The molecule has 3 nitrogen and oxygen atoms in total. The predicted molar refractivity (Wildman–Crippen MR) is 85.9 cm³/mol. The molecule has 1 aliphatic carbocycles. The Kier molecular flexibility index (Phi) is 2.11. The zero-order valence-corrected chi connectivity index (χ0v) is 12.2. The highest BCUT2D eigenvalue weighted by Gasteiger charge is 2.49. The number of rotatable bonds is 1. The average molecular weight is 296 g/mol. The SMILES string of the molecule is Clc1ccc2[nH]cc(-c3cnc4c(c3)C3(CC3)CN4)c2c1. The molecule has 4 heteroatoms. The van der Waals surface area contributed by atoms with Crippen molar-refractivity contribution in [2.75, 3.05) is 11.9 Å². The van der Waals surface area contributed by atoms with Crippen molar-refractivity contribution < 1.29 is 0 Å². The van der Waals surface area contributed by atoms with Gasteiger partial charge in [-0.1, -0.05) is 11.6 Å². The molecule has 3 aromatic rings. The molecule has 104 valence electrons. The smallest absolute Gasteiger partial charge is 0.129 e. The number of halogens is 1. The van der Waals surface area contributed by atoms with Gasteiger partial charge in [-0.05, 0) is 37.1 Å². The minimum atomic E-state index is 0.363. The third kappa shape index (κ3) is 1.58. The summed E-state index contributed by atoms with van der Waals surface area (Å²) in [4.78, 5) is 7.94. The van der Waals surface area contributed by atoms with E-state index in [1.165, 1.54) is 24.0 Å². The molecule has 0 atom stereocenters. The normalized spacial score (nSPS) is 18.0. The van der Waals surface area contributed by atoms with Gasteiger partial charge in [0.2, 0.25) is 0 Å². The van der Waals surface area contributed by atoms with Crippen LogP contribution in [-0.4, -0.2) is 16.5 Å². The van der Waals surface area contributed by atoms with Gasteiger partial charge in [0.1, 0.15) is 5.82 Å². The van der Waals surface area contributed by atoms with E-state index in [-0.39, 0.29) is 0 Å². The summed E-state index contributed by atoms with van der Waals surface area (Å²) >= 11 is 6.14. The van der Waals surface area contributed by atoms with E-state index < -0.39 is 0 Å². The zero-order chi connectivity index (χ0) is 14.0. The van der Waals surface area contributed by atoms with E-state index in [2.05, 4.69) is 21.4 Å². The highest BCUT2D eigenvalue weighted by molar-refractivity contribution is 6.31. The molecule has 1 spiro atoms. The lowest BCUT2D eigenvalue weighted by Crippen LogP contribution is -2.08. The molecule has 0 bridgehead atoms. The number of nitrogens with one attached hydrogen (secondary N) is 2. The molecule has 21 heavy (non-hydrogen) atoms. The second-order valence-corrected chi connectivity index (χ2v) is 6.58. The van der Waals surface area contributed by atoms with Crippen molar-refractivity contribution in [2.45, 2.75) is 18.3 Å². The molecule has 0 unspecified atom stereocenters.